The first-order chi connectivity index (χ1) is 16.5. The SMILES string of the molecule is Cc1cc(F)c(C(=O)Nc2cccc3c2OCC(C)n2nncc2-3)cc1-n1cnc(C2CC2)c1. The lowest BCUT2D eigenvalue weighted by Gasteiger charge is -2.15. The van der Waals surface area contributed by atoms with E-state index in [-0.39, 0.29) is 11.6 Å². The zero-order valence-corrected chi connectivity index (χ0v) is 18.8. The average molecular weight is 458 g/mol. The lowest BCUT2D eigenvalue weighted by atomic mass is 10.1. The Morgan fingerprint density at radius 2 is 2.12 bits per heavy atom. The Labute approximate surface area is 195 Å². The van der Waals surface area contributed by atoms with Gasteiger partial charge in [-0.1, -0.05) is 11.3 Å². The van der Waals surface area contributed by atoms with E-state index < -0.39 is 11.7 Å². The number of fused-ring (bicyclic) bond motifs is 3. The van der Waals surface area contributed by atoms with Crippen LogP contribution < -0.4 is 10.1 Å². The summed E-state index contributed by atoms with van der Waals surface area (Å²) in [4.78, 5) is 17.7. The van der Waals surface area contributed by atoms with E-state index in [0.29, 0.717) is 24.0 Å². The first-order valence-electron chi connectivity index (χ1n) is 11.3. The van der Waals surface area contributed by atoms with E-state index in [4.69, 9.17) is 4.74 Å². The van der Waals surface area contributed by atoms with Gasteiger partial charge in [0.1, 0.15) is 12.4 Å². The Kier molecular flexibility index (Phi) is 4.72. The van der Waals surface area contributed by atoms with E-state index in [1.165, 1.54) is 6.07 Å². The molecule has 0 saturated heterocycles. The number of hydrogen-bond donors (Lipinski definition) is 1. The van der Waals surface area contributed by atoms with Crippen LogP contribution in [0.5, 0.6) is 5.75 Å². The molecule has 2 aliphatic rings. The molecular formula is C25H23FN6O2. The topological polar surface area (TPSA) is 86.9 Å². The van der Waals surface area contributed by atoms with Gasteiger partial charge in [0.25, 0.3) is 5.91 Å². The minimum Gasteiger partial charge on any atom is -0.488 e. The summed E-state index contributed by atoms with van der Waals surface area (Å²) in [6, 6.07) is 8.37. The second-order valence-corrected chi connectivity index (χ2v) is 8.96. The molecule has 1 fully saturated rings. The number of anilines is 1. The monoisotopic (exact) mass is 458 g/mol. The largest absolute Gasteiger partial charge is 0.488 e. The third-order valence-electron chi connectivity index (χ3n) is 6.41. The number of nitrogens with one attached hydrogen (secondary N) is 1. The molecule has 0 bridgehead atoms. The number of imidazole rings is 1. The molecule has 6 rings (SSSR count). The second-order valence-electron chi connectivity index (χ2n) is 8.96. The van der Waals surface area contributed by atoms with Crippen LogP contribution in [0.4, 0.5) is 10.1 Å². The number of halogens is 1. The molecule has 2 aromatic carbocycles. The Bertz CT molecular complexity index is 1420. The molecule has 1 atom stereocenters. The van der Waals surface area contributed by atoms with Gasteiger partial charge < -0.3 is 14.6 Å². The number of carbonyl (C=O) groups is 1. The molecule has 2 aromatic heterocycles. The van der Waals surface area contributed by atoms with Crippen molar-refractivity contribution in [3.8, 4) is 22.7 Å². The zero-order chi connectivity index (χ0) is 23.4. The van der Waals surface area contributed by atoms with Crippen LogP contribution in [0.2, 0.25) is 0 Å². The van der Waals surface area contributed by atoms with Gasteiger partial charge in [-0.3, -0.25) is 4.79 Å². The molecule has 1 aliphatic heterocycles. The molecule has 0 radical (unpaired) electrons. The third-order valence-corrected chi connectivity index (χ3v) is 6.41. The molecule has 9 heteroatoms. The summed E-state index contributed by atoms with van der Waals surface area (Å²) in [6.07, 6.45) is 7.64. The van der Waals surface area contributed by atoms with Crippen molar-refractivity contribution in [3.63, 3.8) is 0 Å². The smallest absolute Gasteiger partial charge is 0.258 e. The van der Waals surface area contributed by atoms with Gasteiger partial charge >= 0.3 is 0 Å². The standard InChI is InChI=1S/C25H23FN6O2/c1-14-8-19(26)18(9-22(14)31-11-21(27-13-31)16-6-7-16)25(33)29-20-5-3-4-17-23-10-28-30-32(23)15(2)12-34-24(17)20/h3-5,8-11,13,15-16H,6-7,12H2,1-2H3,(H,29,33). The van der Waals surface area contributed by atoms with Crippen molar-refractivity contribution in [1.82, 2.24) is 24.5 Å². The average Bonchev–Trinajstić information content (AvgIpc) is 3.38. The molecule has 34 heavy (non-hydrogen) atoms. The number of nitrogens with zero attached hydrogens (tertiary/aromatic N) is 5. The fourth-order valence-electron chi connectivity index (χ4n) is 4.39. The molecule has 8 nitrogen and oxygen atoms in total. The summed E-state index contributed by atoms with van der Waals surface area (Å²) in [5.74, 6) is -0.116. The molecule has 4 aromatic rings. The van der Waals surface area contributed by atoms with Gasteiger partial charge in [0.2, 0.25) is 0 Å². The number of ether oxygens (including phenoxy) is 1. The summed E-state index contributed by atoms with van der Waals surface area (Å²) in [5.41, 5.74) is 4.45. The van der Waals surface area contributed by atoms with Crippen molar-refractivity contribution < 1.29 is 13.9 Å². The molecule has 1 aliphatic carbocycles. The molecule has 0 spiro atoms. The molecule has 3 heterocycles. The highest BCUT2D eigenvalue weighted by molar-refractivity contribution is 6.06. The Hall–Kier alpha value is -4.01. The zero-order valence-electron chi connectivity index (χ0n) is 18.8. The van der Waals surface area contributed by atoms with Crippen LogP contribution in [-0.4, -0.2) is 37.1 Å². The summed E-state index contributed by atoms with van der Waals surface area (Å²) < 4.78 is 24.6. The number of aromatic nitrogens is 5. The highest BCUT2D eigenvalue weighted by Crippen LogP contribution is 2.40. The quantitative estimate of drug-likeness (QED) is 0.481. The van der Waals surface area contributed by atoms with Crippen molar-refractivity contribution in [2.45, 2.75) is 38.6 Å². The third kappa shape index (κ3) is 3.44. The van der Waals surface area contributed by atoms with Crippen LogP contribution in [0.15, 0.2) is 49.1 Å². The van der Waals surface area contributed by atoms with Gasteiger partial charge in [-0.2, -0.15) is 0 Å². The fourth-order valence-corrected chi connectivity index (χ4v) is 4.39. The minimum atomic E-state index is -0.583. The van der Waals surface area contributed by atoms with Gasteiger partial charge in [-0.25, -0.2) is 14.1 Å². The van der Waals surface area contributed by atoms with Crippen LogP contribution in [0.25, 0.3) is 16.9 Å². The fraction of sp³-hybridized carbons (Fsp3) is 0.280. The van der Waals surface area contributed by atoms with Gasteiger partial charge in [-0.05, 0) is 56.5 Å². The number of rotatable bonds is 4. The maximum Gasteiger partial charge on any atom is 0.258 e. The Morgan fingerprint density at radius 1 is 1.26 bits per heavy atom. The number of aryl methyl sites for hydroxylation is 1. The highest BCUT2D eigenvalue weighted by atomic mass is 19.1. The highest BCUT2D eigenvalue weighted by Gasteiger charge is 2.27. The Morgan fingerprint density at radius 3 is 2.94 bits per heavy atom. The van der Waals surface area contributed by atoms with Crippen LogP contribution in [0, 0.1) is 12.7 Å². The summed E-state index contributed by atoms with van der Waals surface area (Å²) in [5, 5.41) is 11.0. The van der Waals surface area contributed by atoms with E-state index in [9.17, 15) is 9.18 Å². The second kappa shape index (κ2) is 7.79. The predicted molar refractivity (Wildman–Crippen MR) is 124 cm³/mol. The van der Waals surface area contributed by atoms with Crippen LogP contribution >= 0.6 is 0 Å². The van der Waals surface area contributed by atoms with E-state index >= 15 is 0 Å². The van der Waals surface area contributed by atoms with Crippen molar-refractivity contribution in [3.05, 3.63) is 71.7 Å². The van der Waals surface area contributed by atoms with Gasteiger partial charge in [-0.15, -0.1) is 5.10 Å². The molecule has 1 unspecified atom stereocenters. The number of benzene rings is 2. The molecular weight excluding hydrogens is 435 g/mol. The van der Waals surface area contributed by atoms with Crippen molar-refractivity contribution in [1.29, 1.82) is 0 Å². The van der Waals surface area contributed by atoms with Crippen molar-refractivity contribution in [2.24, 2.45) is 0 Å². The van der Waals surface area contributed by atoms with Crippen LogP contribution in [0.1, 0.15) is 53.3 Å². The lowest BCUT2D eigenvalue weighted by Crippen LogP contribution is -2.16. The van der Waals surface area contributed by atoms with E-state index in [2.05, 4.69) is 20.6 Å². The van der Waals surface area contributed by atoms with E-state index in [1.54, 1.807) is 29.3 Å². The summed E-state index contributed by atoms with van der Waals surface area (Å²) >= 11 is 0. The van der Waals surface area contributed by atoms with Crippen molar-refractivity contribution >= 4 is 11.6 Å². The minimum absolute atomic E-state index is 0.0266. The maximum atomic E-state index is 14.9. The first kappa shape index (κ1) is 20.6. The normalized spacial score (nSPS) is 16.9. The van der Waals surface area contributed by atoms with Crippen LogP contribution in [-0.2, 0) is 0 Å². The van der Waals surface area contributed by atoms with Gasteiger partial charge in [0.05, 0.1) is 46.9 Å². The van der Waals surface area contributed by atoms with Gasteiger partial charge in [0.15, 0.2) is 5.75 Å². The number of para-hydroxylation sites is 1. The summed E-state index contributed by atoms with van der Waals surface area (Å²) in [7, 11) is 0. The number of carbonyl (C=O) groups excluding carboxylic acids is 1. The lowest BCUT2D eigenvalue weighted by molar-refractivity contribution is 0.102. The number of amides is 1. The summed E-state index contributed by atoms with van der Waals surface area (Å²) in [6.45, 7) is 4.17. The first-order valence-corrected chi connectivity index (χ1v) is 11.3. The van der Waals surface area contributed by atoms with Crippen LogP contribution in [0.3, 0.4) is 0 Å². The Balaban J connectivity index is 1.34. The molecule has 1 saturated carbocycles. The molecule has 172 valence electrons. The number of hydrogen-bond acceptors (Lipinski definition) is 5. The molecule has 1 N–H and O–H groups in total. The maximum absolute atomic E-state index is 14.9. The molecule has 1 amide bonds. The predicted octanol–water partition coefficient (Wildman–Crippen LogP) is 4.66. The van der Waals surface area contributed by atoms with Gasteiger partial charge in [0, 0.05) is 17.7 Å². The van der Waals surface area contributed by atoms with E-state index in [0.717, 1.165) is 41.0 Å². The van der Waals surface area contributed by atoms with Crippen molar-refractivity contribution in [2.75, 3.05) is 11.9 Å². The van der Waals surface area contributed by atoms with E-state index in [1.807, 2.05) is 36.7 Å².